The molecule has 0 aromatic heterocycles. The molecule has 0 unspecified atom stereocenters. The SMILES string of the molecule is CC1(OC(=O)CCSc2c(F)c(F)c(S(=O)(=O)O)c(F)c2F)C2CC3CC(C2)CC1C3. The first kappa shape index (κ1) is 22.8. The molecule has 5 nitrogen and oxygen atoms in total. The van der Waals surface area contributed by atoms with Crippen molar-refractivity contribution in [1.29, 1.82) is 0 Å². The highest BCUT2D eigenvalue weighted by molar-refractivity contribution is 7.99. The zero-order valence-corrected chi connectivity index (χ0v) is 18.3. The molecule has 31 heavy (non-hydrogen) atoms. The van der Waals surface area contributed by atoms with Crippen LogP contribution in [0.1, 0.15) is 45.4 Å². The second-order valence-electron chi connectivity index (χ2n) is 8.95. The number of rotatable bonds is 6. The van der Waals surface area contributed by atoms with Crippen molar-refractivity contribution in [3.8, 4) is 0 Å². The summed E-state index contributed by atoms with van der Waals surface area (Å²) in [5.74, 6) is -7.14. The van der Waals surface area contributed by atoms with Crippen LogP contribution in [0.2, 0.25) is 0 Å². The van der Waals surface area contributed by atoms with Gasteiger partial charge < -0.3 is 4.74 Å². The summed E-state index contributed by atoms with van der Waals surface area (Å²) in [6, 6.07) is 0. The highest BCUT2D eigenvalue weighted by Gasteiger charge is 2.56. The molecule has 172 valence electrons. The maximum Gasteiger partial charge on any atom is 0.307 e. The predicted molar refractivity (Wildman–Crippen MR) is 103 cm³/mol. The van der Waals surface area contributed by atoms with E-state index in [1.807, 2.05) is 6.92 Å². The van der Waals surface area contributed by atoms with E-state index >= 15 is 0 Å². The molecule has 0 radical (unpaired) electrons. The van der Waals surface area contributed by atoms with Crippen molar-refractivity contribution in [2.75, 3.05) is 5.75 Å². The van der Waals surface area contributed by atoms with E-state index in [9.17, 15) is 30.8 Å². The lowest BCUT2D eigenvalue weighted by Gasteiger charge is -2.59. The lowest BCUT2D eigenvalue weighted by molar-refractivity contribution is -0.202. The summed E-state index contributed by atoms with van der Waals surface area (Å²) in [6.45, 7) is 1.95. The van der Waals surface area contributed by atoms with Crippen molar-refractivity contribution in [2.24, 2.45) is 23.7 Å². The molecular formula is C20H22F4O5S2. The number of benzene rings is 1. The third-order valence-corrected chi connectivity index (χ3v) is 9.02. The average Bonchev–Trinajstić information content (AvgIpc) is 2.66. The number of carbonyl (C=O) groups excluding carboxylic acids is 1. The predicted octanol–water partition coefficient (Wildman–Crippen LogP) is 4.73. The molecule has 0 atom stereocenters. The van der Waals surface area contributed by atoms with Crippen molar-refractivity contribution in [1.82, 2.24) is 0 Å². The third kappa shape index (κ3) is 3.97. The van der Waals surface area contributed by atoms with Gasteiger partial charge in [0.2, 0.25) is 0 Å². The van der Waals surface area contributed by atoms with Crippen LogP contribution in [-0.4, -0.2) is 30.3 Å². The van der Waals surface area contributed by atoms with E-state index in [-0.39, 0.29) is 12.2 Å². The molecule has 4 saturated carbocycles. The molecule has 0 aliphatic heterocycles. The van der Waals surface area contributed by atoms with Crippen molar-refractivity contribution >= 4 is 27.8 Å². The minimum Gasteiger partial charge on any atom is -0.459 e. The van der Waals surface area contributed by atoms with E-state index in [0.717, 1.165) is 25.7 Å². The Hall–Kier alpha value is -1.33. The summed E-state index contributed by atoms with van der Waals surface area (Å²) in [7, 11) is -5.50. The van der Waals surface area contributed by atoms with Crippen LogP contribution in [0.25, 0.3) is 0 Å². The quantitative estimate of drug-likeness (QED) is 0.208. The van der Waals surface area contributed by atoms with E-state index in [1.165, 1.54) is 6.42 Å². The average molecular weight is 483 g/mol. The fourth-order valence-corrected chi connectivity index (χ4v) is 7.30. The Bertz CT molecular complexity index is 970. The zero-order valence-electron chi connectivity index (χ0n) is 16.7. The van der Waals surface area contributed by atoms with Crippen LogP contribution in [0.4, 0.5) is 17.6 Å². The van der Waals surface area contributed by atoms with E-state index in [0.29, 0.717) is 35.4 Å². The normalized spacial score (nSPS) is 31.8. The van der Waals surface area contributed by atoms with Gasteiger partial charge in [-0.1, -0.05) is 0 Å². The topological polar surface area (TPSA) is 80.7 Å². The molecule has 11 heteroatoms. The van der Waals surface area contributed by atoms with Crippen LogP contribution < -0.4 is 0 Å². The van der Waals surface area contributed by atoms with Gasteiger partial charge in [0.15, 0.2) is 28.2 Å². The van der Waals surface area contributed by atoms with Gasteiger partial charge in [-0.3, -0.25) is 9.35 Å². The minimum atomic E-state index is -5.50. The maximum atomic E-state index is 14.1. The smallest absolute Gasteiger partial charge is 0.307 e. The lowest BCUT2D eigenvalue weighted by Crippen LogP contribution is -2.58. The fourth-order valence-electron chi connectivity index (χ4n) is 5.76. The van der Waals surface area contributed by atoms with Crippen molar-refractivity contribution in [3.05, 3.63) is 23.3 Å². The zero-order chi connectivity index (χ0) is 22.7. The molecule has 0 amide bonds. The van der Waals surface area contributed by atoms with Crippen LogP contribution in [0.5, 0.6) is 0 Å². The van der Waals surface area contributed by atoms with Crippen LogP contribution in [0, 0.1) is 46.9 Å². The summed E-state index contributed by atoms with van der Waals surface area (Å²) in [5, 5.41) is 0. The van der Waals surface area contributed by atoms with Gasteiger partial charge in [-0.2, -0.15) is 8.42 Å². The molecule has 1 aromatic carbocycles. The third-order valence-electron chi connectivity index (χ3n) is 7.09. The van der Waals surface area contributed by atoms with Gasteiger partial charge in [-0.25, -0.2) is 17.6 Å². The highest BCUT2D eigenvalue weighted by Crippen LogP contribution is 2.59. The fraction of sp³-hybridized carbons (Fsp3) is 0.650. The summed E-state index contributed by atoms with van der Waals surface area (Å²) >= 11 is 0.332. The first-order valence-electron chi connectivity index (χ1n) is 10.1. The van der Waals surface area contributed by atoms with Crippen molar-refractivity contribution < 1.29 is 40.1 Å². The summed E-state index contributed by atoms with van der Waals surface area (Å²) < 4.78 is 92.6. The lowest BCUT2D eigenvalue weighted by atomic mass is 9.50. The Balaban J connectivity index is 1.41. The van der Waals surface area contributed by atoms with Gasteiger partial charge in [0.1, 0.15) is 5.60 Å². The maximum absolute atomic E-state index is 14.1. The summed E-state index contributed by atoms with van der Waals surface area (Å²) in [5.41, 5.74) is -0.568. The Morgan fingerprint density at radius 1 is 1.00 bits per heavy atom. The largest absolute Gasteiger partial charge is 0.459 e. The number of thioether (sulfide) groups is 1. The van der Waals surface area contributed by atoms with Crippen LogP contribution in [-0.2, 0) is 19.6 Å². The monoisotopic (exact) mass is 482 g/mol. The van der Waals surface area contributed by atoms with Crippen LogP contribution in [0.3, 0.4) is 0 Å². The van der Waals surface area contributed by atoms with E-state index in [4.69, 9.17) is 9.29 Å². The number of ether oxygens (including phenoxy) is 1. The molecule has 1 aromatic rings. The van der Waals surface area contributed by atoms with Crippen molar-refractivity contribution in [3.63, 3.8) is 0 Å². The first-order valence-corrected chi connectivity index (χ1v) is 12.5. The van der Waals surface area contributed by atoms with E-state index in [1.54, 1.807) is 0 Å². The molecule has 4 fully saturated rings. The number of carbonyl (C=O) groups is 1. The number of halogens is 4. The molecule has 0 heterocycles. The van der Waals surface area contributed by atoms with E-state index < -0.39 is 54.7 Å². The van der Waals surface area contributed by atoms with Gasteiger partial charge in [0.05, 0.1) is 11.3 Å². The molecule has 0 saturated heterocycles. The second kappa shape index (κ2) is 7.91. The number of hydrogen-bond donors (Lipinski definition) is 1. The highest BCUT2D eigenvalue weighted by atomic mass is 32.2. The van der Waals surface area contributed by atoms with Gasteiger partial charge in [0, 0.05) is 5.75 Å². The van der Waals surface area contributed by atoms with Crippen LogP contribution in [0.15, 0.2) is 9.79 Å². The standard InChI is InChI=1S/C20H22F4O5S2/c1-20(11-5-9-4-10(7-11)8-12(20)6-9)29-13(25)2-3-30-18-14(21)16(23)19(31(26,27)28)17(24)15(18)22/h9-12H,2-8H2,1H3,(H,26,27,28). The Labute approximate surface area is 181 Å². The summed E-state index contributed by atoms with van der Waals surface area (Å²) in [4.78, 5) is 9.25. The Morgan fingerprint density at radius 3 is 1.94 bits per heavy atom. The van der Waals surface area contributed by atoms with Gasteiger partial charge in [0.25, 0.3) is 0 Å². The Kier molecular flexibility index (Phi) is 5.83. The van der Waals surface area contributed by atoms with Crippen LogP contribution >= 0.6 is 11.8 Å². The second-order valence-corrected chi connectivity index (χ2v) is 11.4. The van der Waals surface area contributed by atoms with Gasteiger partial charge in [-0.05, 0) is 62.7 Å². The Morgan fingerprint density at radius 2 is 1.48 bits per heavy atom. The molecule has 4 aliphatic rings. The molecular weight excluding hydrogens is 460 g/mol. The minimum absolute atomic E-state index is 0.229. The van der Waals surface area contributed by atoms with Crippen molar-refractivity contribution in [2.45, 2.75) is 60.8 Å². The van der Waals surface area contributed by atoms with Gasteiger partial charge in [-0.15, -0.1) is 11.8 Å². The molecule has 4 bridgehead atoms. The first-order chi connectivity index (χ1) is 14.4. The summed E-state index contributed by atoms with van der Waals surface area (Å²) in [6.07, 6.45) is 5.12. The van der Waals surface area contributed by atoms with E-state index in [2.05, 4.69) is 0 Å². The molecule has 1 N–H and O–H groups in total. The molecule has 0 spiro atoms. The van der Waals surface area contributed by atoms with Gasteiger partial charge >= 0.3 is 16.1 Å². The molecule has 4 aliphatic carbocycles. The number of hydrogen-bond acceptors (Lipinski definition) is 5. The molecule has 5 rings (SSSR count). The number of esters is 1.